The molecular formula is C14H15BrFN3O. The van der Waals surface area contributed by atoms with Gasteiger partial charge in [-0.3, -0.25) is 0 Å². The van der Waals surface area contributed by atoms with Gasteiger partial charge in [0.15, 0.2) is 5.75 Å². The summed E-state index contributed by atoms with van der Waals surface area (Å²) in [6.07, 6.45) is 1.60. The summed E-state index contributed by atoms with van der Waals surface area (Å²) < 4.78 is 19.3. The van der Waals surface area contributed by atoms with Gasteiger partial charge in [-0.2, -0.15) is 0 Å². The van der Waals surface area contributed by atoms with E-state index in [-0.39, 0.29) is 18.3 Å². The molecule has 106 valence electrons. The topological polar surface area (TPSA) is 61.0 Å². The van der Waals surface area contributed by atoms with Crippen molar-refractivity contribution in [2.24, 2.45) is 5.73 Å². The van der Waals surface area contributed by atoms with Crippen molar-refractivity contribution in [1.29, 1.82) is 0 Å². The highest BCUT2D eigenvalue weighted by Gasteiger charge is 2.12. The van der Waals surface area contributed by atoms with Gasteiger partial charge in [0.05, 0.1) is 10.7 Å². The molecule has 4 nitrogen and oxygen atoms in total. The molecule has 1 heterocycles. The Morgan fingerprint density at radius 2 is 2.10 bits per heavy atom. The van der Waals surface area contributed by atoms with Gasteiger partial charge in [-0.25, -0.2) is 14.4 Å². The molecule has 0 amide bonds. The monoisotopic (exact) mass is 339 g/mol. The molecule has 1 aromatic carbocycles. The molecule has 0 radical (unpaired) electrons. The van der Waals surface area contributed by atoms with Gasteiger partial charge in [0.2, 0.25) is 0 Å². The Kier molecular flexibility index (Phi) is 4.67. The first-order valence-corrected chi connectivity index (χ1v) is 6.99. The van der Waals surface area contributed by atoms with E-state index in [0.29, 0.717) is 21.7 Å². The second-order valence-electron chi connectivity index (χ2n) is 4.57. The molecule has 0 fully saturated rings. The minimum absolute atomic E-state index is 0.215. The third-order valence-corrected chi connectivity index (χ3v) is 3.29. The third-order valence-electron chi connectivity index (χ3n) is 2.67. The third kappa shape index (κ3) is 3.32. The zero-order valence-electron chi connectivity index (χ0n) is 11.2. The average molecular weight is 340 g/mol. The molecular weight excluding hydrogens is 325 g/mol. The number of rotatable bonds is 4. The molecule has 0 saturated carbocycles. The molecule has 0 saturated heterocycles. The highest BCUT2D eigenvalue weighted by atomic mass is 79.9. The van der Waals surface area contributed by atoms with Crippen LogP contribution in [0.4, 0.5) is 4.39 Å². The van der Waals surface area contributed by atoms with Crippen molar-refractivity contribution in [1.82, 2.24) is 9.97 Å². The Labute approximate surface area is 125 Å². The van der Waals surface area contributed by atoms with Crippen molar-refractivity contribution in [2.45, 2.75) is 26.3 Å². The maximum Gasteiger partial charge on any atom is 0.168 e. The zero-order chi connectivity index (χ0) is 14.7. The van der Waals surface area contributed by atoms with E-state index in [9.17, 15) is 4.39 Å². The largest absolute Gasteiger partial charge is 0.453 e. The lowest BCUT2D eigenvalue weighted by atomic mass is 10.2. The summed E-state index contributed by atoms with van der Waals surface area (Å²) in [4.78, 5) is 8.63. The first kappa shape index (κ1) is 14.9. The van der Waals surface area contributed by atoms with Crippen molar-refractivity contribution in [2.75, 3.05) is 0 Å². The molecule has 20 heavy (non-hydrogen) atoms. The fraction of sp³-hybridized carbons (Fsp3) is 0.286. The standard InChI is InChI=1S/C14H15BrFN3O/c1-8(2)14-18-7-13(11(6-17)19-14)20-12-4-3-9(16)5-10(12)15/h3-5,7-8H,6,17H2,1-2H3. The highest BCUT2D eigenvalue weighted by molar-refractivity contribution is 9.10. The van der Waals surface area contributed by atoms with E-state index in [1.54, 1.807) is 6.20 Å². The number of hydrogen-bond donors (Lipinski definition) is 1. The predicted octanol–water partition coefficient (Wildman–Crippen LogP) is 3.75. The predicted molar refractivity (Wildman–Crippen MR) is 78.2 cm³/mol. The first-order valence-electron chi connectivity index (χ1n) is 6.20. The van der Waals surface area contributed by atoms with Gasteiger partial charge in [-0.05, 0) is 34.1 Å². The van der Waals surface area contributed by atoms with Crippen LogP contribution in [0.3, 0.4) is 0 Å². The minimum atomic E-state index is -0.338. The van der Waals surface area contributed by atoms with E-state index < -0.39 is 0 Å². The summed E-state index contributed by atoms with van der Waals surface area (Å²) in [5.41, 5.74) is 6.32. The molecule has 0 unspecified atom stereocenters. The molecule has 0 atom stereocenters. The van der Waals surface area contributed by atoms with Crippen LogP contribution in [-0.4, -0.2) is 9.97 Å². The molecule has 0 aliphatic rings. The highest BCUT2D eigenvalue weighted by Crippen LogP contribution is 2.31. The molecule has 0 bridgehead atoms. The molecule has 0 aliphatic carbocycles. The van der Waals surface area contributed by atoms with Gasteiger partial charge in [-0.1, -0.05) is 13.8 Å². The number of nitrogens with zero attached hydrogens (tertiary/aromatic N) is 2. The zero-order valence-corrected chi connectivity index (χ0v) is 12.8. The van der Waals surface area contributed by atoms with Gasteiger partial charge in [-0.15, -0.1) is 0 Å². The molecule has 0 spiro atoms. The summed E-state index contributed by atoms with van der Waals surface area (Å²) in [5.74, 6) is 1.56. The van der Waals surface area contributed by atoms with E-state index in [4.69, 9.17) is 10.5 Å². The molecule has 1 aromatic heterocycles. The van der Waals surface area contributed by atoms with Crippen molar-refractivity contribution in [3.05, 3.63) is 46.2 Å². The van der Waals surface area contributed by atoms with E-state index in [0.717, 1.165) is 5.82 Å². The Morgan fingerprint density at radius 3 is 2.70 bits per heavy atom. The van der Waals surface area contributed by atoms with Crippen LogP contribution >= 0.6 is 15.9 Å². The normalized spacial score (nSPS) is 10.9. The number of nitrogens with two attached hydrogens (primary N) is 1. The van der Waals surface area contributed by atoms with Crippen LogP contribution in [0.25, 0.3) is 0 Å². The lowest BCUT2D eigenvalue weighted by molar-refractivity contribution is 0.462. The Balaban J connectivity index is 2.33. The Bertz CT molecular complexity index is 619. The quantitative estimate of drug-likeness (QED) is 0.921. The molecule has 6 heteroatoms. The number of ether oxygens (including phenoxy) is 1. The fourth-order valence-corrected chi connectivity index (χ4v) is 2.04. The second kappa shape index (κ2) is 6.28. The second-order valence-corrected chi connectivity index (χ2v) is 5.43. The summed E-state index contributed by atoms with van der Waals surface area (Å²) >= 11 is 3.25. The average Bonchev–Trinajstić information content (AvgIpc) is 2.42. The van der Waals surface area contributed by atoms with Crippen molar-refractivity contribution >= 4 is 15.9 Å². The van der Waals surface area contributed by atoms with Crippen LogP contribution in [0.15, 0.2) is 28.9 Å². The van der Waals surface area contributed by atoms with E-state index in [2.05, 4.69) is 25.9 Å². The maximum absolute atomic E-state index is 13.0. The molecule has 0 aliphatic heterocycles. The first-order chi connectivity index (χ1) is 9.51. The molecule has 2 rings (SSSR count). The van der Waals surface area contributed by atoms with Crippen LogP contribution in [0.2, 0.25) is 0 Å². The molecule has 2 aromatic rings. The minimum Gasteiger partial charge on any atom is -0.453 e. The lowest BCUT2D eigenvalue weighted by Gasteiger charge is -2.12. The van der Waals surface area contributed by atoms with E-state index >= 15 is 0 Å². The fourth-order valence-electron chi connectivity index (χ4n) is 1.61. The Hall–Kier alpha value is -1.53. The number of halogens is 2. The number of hydrogen-bond acceptors (Lipinski definition) is 4. The van der Waals surface area contributed by atoms with Crippen LogP contribution in [0, 0.1) is 5.82 Å². The van der Waals surface area contributed by atoms with Gasteiger partial charge in [0.1, 0.15) is 23.1 Å². The van der Waals surface area contributed by atoms with Crippen molar-refractivity contribution in [3.8, 4) is 11.5 Å². The maximum atomic E-state index is 13.0. The van der Waals surface area contributed by atoms with Crippen molar-refractivity contribution in [3.63, 3.8) is 0 Å². The SMILES string of the molecule is CC(C)c1ncc(Oc2ccc(F)cc2Br)c(CN)n1. The van der Waals surface area contributed by atoms with E-state index in [1.165, 1.54) is 18.2 Å². The summed E-state index contributed by atoms with van der Waals surface area (Å²) in [6.45, 7) is 4.26. The summed E-state index contributed by atoms with van der Waals surface area (Å²) in [5, 5.41) is 0. The summed E-state index contributed by atoms with van der Waals surface area (Å²) in [7, 11) is 0. The smallest absolute Gasteiger partial charge is 0.168 e. The lowest BCUT2D eigenvalue weighted by Crippen LogP contribution is -2.07. The van der Waals surface area contributed by atoms with Crippen LogP contribution in [0.1, 0.15) is 31.3 Å². The van der Waals surface area contributed by atoms with Gasteiger partial charge in [0, 0.05) is 12.5 Å². The van der Waals surface area contributed by atoms with E-state index in [1.807, 2.05) is 13.8 Å². The number of benzene rings is 1. The van der Waals surface area contributed by atoms with Gasteiger partial charge < -0.3 is 10.5 Å². The summed E-state index contributed by atoms with van der Waals surface area (Å²) in [6, 6.07) is 4.20. The van der Waals surface area contributed by atoms with Crippen molar-refractivity contribution < 1.29 is 9.13 Å². The van der Waals surface area contributed by atoms with Crippen LogP contribution in [0.5, 0.6) is 11.5 Å². The van der Waals surface area contributed by atoms with Crippen LogP contribution in [-0.2, 0) is 6.54 Å². The van der Waals surface area contributed by atoms with Crippen LogP contribution < -0.4 is 10.5 Å². The Morgan fingerprint density at radius 1 is 1.35 bits per heavy atom. The number of aromatic nitrogens is 2. The molecule has 2 N–H and O–H groups in total. The van der Waals surface area contributed by atoms with Gasteiger partial charge >= 0.3 is 0 Å². The van der Waals surface area contributed by atoms with Gasteiger partial charge in [0.25, 0.3) is 0 Å².